The fraction of sp³-hybridized carbons (Fsp3) is 0.319. The summed E-state index contributed by atoms with van der Waals surface area (Å²) in [6.07, 6.45) is 6.67. The van der Waals surface area contributed by atoms with Gasteiger partial charge in [0, 0.05) is 23.1 Å². The number of allylic oxidation sites excluding steroid dienone is 2. The Kier molecular flexibility index (Phi) is 9.09. The van der Waals surface area contributed by atoms with Gasteiger partial charge in [0.25, 0.3) is 0 Å². The first-order chi connectivity index (χ1) is 25.2. The molecule has 9 rings (SSSR count). The summed E-state index contributed by atoms with van der Waals surface area (Å²) in [5.74, 6) is -0.0332. The van der Waals surface area contributed by atoms with Crippen molar-refractivity contribution >= 4 is 22.6 Å². The van der Waals surface area contributed by atoms with Crippen LogP contribution in [0.3, 0.4) is 0 Å². The summed E-state index contributed by atoms with van der Waals surface area (Å²) in [5.41, 5.74) is 6.45. The van der Waals surface area contributed by atoms with E-state index in [1.54, 1.807) is 0 Å². The van der Waals surface area contributed by atoms with E-state index in [0.29, 0.717) is 37.1 Å². The van der Waals surface area contributed by atoms with E-state index in [1.165, 1.54) is 5.57 Å². The average Bonchev–Trinajstić information content (AvgIpc) is 3.63. The number of hydrogen-bond donors (Lipinski definition) is 1. The largest absolute Gasteiger partial charge is 0.440 e. The van der Waals surface area contributed by atoms with E-state index < -0.39 is 17.1 Å². The number of rotatable bonds is 5. The minimum Gasteiger partial charge on any atom is -0.440 e. The van der Waals surface area contributed by atoms with Crippen LogP contribution in [0, 0.1) is 5.41 Å². The fourth-order valence-electron chi connectivity index (χ4n) is 9.44. The minimum absolute atomic E-state index is 0.0158. The number of carbonyl (C=O) groups is 2. The van der Waals surface area contributed by atoms with Gasteiger partial charge in [-0.05, 0) is 102 Å². The lowest BCUT2D eigenvalue weighted by Gasteiger charge is -2.43. The lowest BCUT2D eigenvalue weighted by Crippen LogP contribution is -2.48. The molecule has 1 N–H and O–H groups in total. The van der Waals surface area contributed by atoms with E-state index in [0.717, 1.165) is 70.7 Å². The van der Waals surface area contributed by atoms with Crippen molar-refractivity contribution in [3.05, 3.63) is 155 Å². The minimum atomic E-state index is -0.699. The van der Waals surface area contributed by atoms with Crippen molar-refractivity contribution in [2.24, 2.45) is 5.41 Å². The smallest absolute Gasteiger partial charge is 0.410 e. The molecule has 5 aromatic carbocycles. The van der Waals surface area contributed by atoms with E-state index in [-0.39, 0.29) is 17.8 Å². The Morgan fingerprint density at radius 3 is 2.50 bits per heavy atom. The monoisotopic (exact) mass is 689 g/mol. The Labute approximate surface area is 307 Å². The molecule has 1 saturated carbocycles. The Morgan fingerprint density at radius 1 is 0.865 bits per heavy atom. The molecule has 4 aliphatic rings. The summed E-state index contributed by atoms with van der Waals surface area (Å²) in [6.45, 7) is 5.45. The summed E-state index contributed by atoms with van der Waals surface area (Å²) in [7, 11) is 0. The van der Waals surface area contributed by atoms with Gasteiger partial charge in [0.2, 0.25) is 0 Å². The first-order valence-electron chi connectivity index (χ1n) is 18.8. The van der Waals surface area contributed by atoms with Crippen LogP contribution in [0.15, 0.2) is 127 Å². The van der Waals surface area contributed by atoms with Gasteiger partial charge in [-0.25, -0.2) is 4.79 Å². The second-order valence-electron chi connectivity index (χ2n) is 15.5. The lowest BCUT2D eigenvalue weighted by molar-refractivity contribution is -0.0373. The van der Waals surface area contributed by atoms with E-state index in [1.807, 2.05) is 77.7 Å². The zero-order chi connectivity index (χ0) is 35.9. The first-order valence-corrected chi connectivity index (χ1v) is 18.8. The Bertz CT molecular complexity index is 2170. The number of benzene rings is 5. The molecule has 4 atom stereocenters. The van der Waals surface area contributed by atoms with Crippen LogP contribution in [-0.4, -0.2) is 40.1 Å². The molecular formula is C47H47NO4. The van der Waals surface area contributed by atoms with Crippen LogP contribution in [0.1, 0.15) is 90.9 Å². The van der Waals surface area contributed by atoms with Crippen LogP contribution >= 0.6 is 0 Å². The normalized spacial score (nSPS) is 24.8. The van der Waals surface area contributed by atoms with Gasteiger partial charge in [0.1, 0.15) is 5.60 Å². The zero-order valence-corrected chi connectivity index (χ0v) is 30.2. The lowest BCUT2D eigenvalue weighted by atomic mass is 9.64. The number of hydrogen-bond acceptors (Lipinski definition) is 4. The molecule has 5 nitrogen and oxygen atoms in total. The highest BCUT2D eigenvalue weighted by Gasteiger charge is 2.64. The number of ether oxygens (including phenoxy) is 1. The molecule has 3 aliphatic carbocycles. The van der Waals surface area contributed by atoms with E-state index in [4.69, 9.17) is 4.74 Å². The Hall–Kier alpha value is -5.00. The number of amides is 1. The number of fused-ring (bicyclic) bond motifs is 9. The van der Waals surface area contributed by atoms with Crippen LogP contribution in [0.5, 0.6) is 0 Å². The van der Waals surface area contributed by atoms with E-state index in [2.05, 4.69) is 62.4 Å². The third-order valence-electron chi connectivity index (χ3n) is 12.4. The van der Waals surface area contributed by atoms with Gasteiger partial charge in [-0.3, -0.25) is 9.69 Å². The van der Waals surface area contributed by atoms with Crippen LogP contribution in [0.2, 0.25) is 0 Å². The maximum absolute atomic E-state index is 15.0. The van der Waals surface area contributed by atoms with Crippen LogP contribution in [0.4, 0.5) is 4.79 Å². The van der Waals surface area contributed by atoms with Gasteiger partial charge < -0.3 is 9.84 Å². The molecule has 1 heterocycles. The number of aliphatic hydroxyl groups excluding tert-OH is 1. The number of ketones is 1. The molecule has 1 spiro atoms. The summed E-state index contributed by atoms with van der Waals surface area (Å²) < 4.78 is 6.64. The molecule has 1 amide bonds. The summed E-state index contributed by atoms with van der Waals surface area (Å²) in [6, 6.07) is 38.8. The topological polar surface area (TPSA) is 66.8 Å². The molecule has 0 unspecified atom stereocenters. The second-order valence-corrected chi connectivity index (χ2v) is 15.5. The highest BCUT2D eigenvalue weighted by Crippen LogP contribution is 2.62. The fourth-order valence-corrected chi connectivity index (χ4v) is 9.44. The van der Waals surface area contributed by atoms with Gasteiger partial charge in [-0.2, -0.15) is 0 Å². The molecule has 264 valence electrons. The maximum Gasteiger partial charge on any atom is 0.410 e. The molecule has 0 aromatic heterocycles. The van der Waals surface area contributed by atoms with Crippen molar-refractivity contribution in [2.75, 3.05) is 6.54 Å². The molecule has 1 aliphatic heterocycles. The summed E-state index contributed by atoms with van der Waals surface area (Å²) in [5, 5.41) is 13.4. The molecule has 2 fully saturated rings. The third kappa shape index (κ3) is 6.15. The molecular weight excluding hydrogens is 643 g/mol. The first kappa shape index (κ1) is 34.1. The van der Waals surface area contributed by atoms with Crippen LogP contribution < -0.4 is 0 Å². The predicted molar refractivity (Wildman–Crippen MR) is 207 cm³/mol. The van der Waals surface area contributed by atoms with Gasteiger partial charge in [0.15, 0.2) is 5.78 Å². The van der Waals surface area contributed by atoms with Crippen LogP contribution in [-0.2, 0) is 17.7 Å². The maximum atomic E-state index is 15.0. The van der Waals surface area contributed by atoms with Crippen LogP contribution in [0.25, 0.3) is 21.9 Å². The van der Waals surface area contributed by atoms with Crippen molar-refractivity contribution in [2.45, 2.75) is 83.0 Å². The van der Waals surface area contributed by atoms with Crippen molar-refractivity contribution in [1.82, 2.24) is 4.90 Å². The standard InChI is InChI=1S/C47H47NO4/c1-32-12-11-26-46(2)43(25-27-47(46)31-48(45(51)52-47)30-36-17-10-16-34-15-6-7-18-38(34)36)40-24-22-33(28-37(49)23-21-32)29-42(40)44(50)41-20-9-8-19-39(41)35-13-4-3-5-14-35/h3-10,12-20,22,24,29,37,43,49H,11,21,23,25-28,30-31H2,1-2H3/t37-,43-,46-,47+/m0/s1. The highest BCUT2D eigenvalue weighted by molar-refractivity contribution is 6.14. The van der Waals surface area contributed by atoms with E-state index in [9.17, 15) is 14.7 Å². The van der Waals surface area contributed by atoms with Gasteiger partial charge in [-0.15, -0.1) is 0 Å². The van der Waals surface area contributed by atoms with Crippen molar-refractivity contribution in [1.29, 1.82) is 0 Å². The van der Waals surface area contributed by atoms with Gasteiger partial charge in [-0.1, -0.05) is 128 Å². The molecule has 2 bridgehead atoms. The Morgan fingerprint density at radius 2 is 1.63 bits per heavy atom. The Balaban J connectivity index is 1.21. The zero-order valence-electron chi connectivity index (χ0n) is 30.2. The van der Waals surface area contributed by atoms with Crippen molar-refractivity contribution < 1.29 is 19.4 Å². The average molecular weight is 690 g/mol. The SMILES string of the molecule is CC1=CCC[C@@]2(C)[C@@H](CC[C@@]23CN(Cc2cccc4ccccc24)C(=O)O3)c2ccc(cc2C(=O)c2ccccc2-c2ccccc2)C[C@@H](O)CC1. The summed E-state index contributed by atoms with van der Waals surface area (Å²) >= 11 is 0. The highest BCUT2D eigenvalue weighted by atomic mass is 16.6. The van der Waals surface area contributed by atoms with Gasteiger partial charge in [0.05, 0.1) is 12.6 Å². The molecule has 1 saturated heterocycles. The number of nitrogens with zero attached hydrogens (tertiary/aromatic N) is 1. The summed E-state index contributed by atoms with van der Waals surface area (Å²) in [4.78, 5) is 30.8. The molecule has 5 heteroatoms. The quantitative estimate of drug-likeness (QED) is 0.147. The predicted octanol–water partition coefficient (Wildman–Crippen LogP) is 10.4. The third-order valence-corrected chi connectivity index (χ3v) is 12.4. The van der Waals surface area contributed by atoms with Gasteiger partial charge >= 0.3 is 6.09 Å². The molecule has 52 heavy (non-hydrogen) atoms. The second kappa shape index (κ2) is 13.9. The van der Waals surface area contributed by atoms with Crippen molar-refractivity contribution in [3.8, 4) is 11.1 Å². The van der Waals surface area contributed by atoms with E-state index >= 15 is 0 Å². The van der Waals surface area contributed by atoms with Crippen molar-refractivity contribution in [3.63, 3.8) is 0 Å². The molecule has 5 aromatic rings. The molecule has 0 radical (unpaired) electrons. The number of carbonyl (C=O) groups excluding carboxylic acids is 2. The number of aliphatic hydroxyl groups is 1.